The second-order valence-corrected chi connectivity index (χ2v) is 9.51. The average Bonchev–Trinajstić information content (AvgIpc) is 3.51. The van der Waals surface area contributed by atoms with Crippen molar-refractivity contribution in [2.24, 2.45) is 17.8 Å². The molecule has 2 aliphatic carbocycles. The zero-order valence-electron chi connectivity index (χ0n) is 17.3. The summed E-state index contributed by atoms with van der Waals surface area (Å²) in [5.41, 5.74) is 1.26. The van der Waals surface area contributed by atoms with Gasteiger partial charge in [0.05, 0.1) is 0 Å². The van der Waals surface area contributed by atoms with E-state index in [0.29, 0.717) is 24.3 Å². The summed E-state index contributed by atoms with van der Waals surface area (Å²) >= 11 is 0. The van der Waals surface area contributed by atoms with E-state index >= 15 is 0 Å². The van der Waals surface area contributed by atoms with Gasteiger partial charge in [0, 0.05) is 18.5 Å². The van der Waals surface area contributed by atoms with E-state index in [9.17, 15) is 9.59 Å². The fraction of sp³-hybridized carbons (Fsp3) is 0.667. The second-order valence-electron chi connectivity index (χ2n) is 9.51. The molecule has 2 saturated carbocycles. The molecule has 1 aromatic rings. The van der Waals surface area contributed by atoms with Crippen LogP contribution in [0.5, 0.6) is 0 Å². The topological polar surface area (TPSA) is 49.4 Å². The molecular weight excluding hydrogens is 348 g/mol. The van der Waals surface area contributed by atoms with Crippen LogP contribution in [0.3, 0.4) is 0 Å². The first kappa shape index (κ1) is 19.5. The smallest absolute Gasteiger partial charge is 0.243 e. The van der Waals surface area contributed by atoms with Gasteiger partial charge in [-0.2, -0.15) is 0 Å². The summed E-state index contributed by atoms with van der Waals surface area (Å²) < 4.78 is 0. The normalized spacial score (nSPS) is 31.0. The van der Waals surface area contributed by atoms with Crippen LogP contribution >= 0.6 is 0 Å². The number of amides is 2. The van der Waals surface area contributed by atoms with Crippen LogP contribution in [0, 0.1) is 17.8 Å². The van der Waals surface area contributed by atoms with Gasteiger partial charge >= 0.3 is 0 Å². The fourth-order valence-corrected chi connectivity index (χ4v) is 5.28. The van der Waals surface area contributed by atoms with Gasteiger partial charge in [-0.25, -0.2) is 0 Å². The third-order valence-corrected chi connectivity index (χ3v) is 6.93. The van der Waals surface area contributed by atoms with Gasteiger partial charge in [-0.05, 0) is 49.0 Å². The van der Waals surface area contributed by atoms with E-state index in [0.717, 1.165) is 12.8 Å². The molecule has 1 heterocycles. The monoisotopic (exact) mass is 382 g/mol. The quantitative estimate of drug-likeness (QED) is 0.833. The van der Waals surface area contributed by atoms with E-state index < -0.39 is 0 Å². The van der Waals surface area contributed by atoms with Crippen molar-refractivity contribution in [3.05, 3.63) is 35.9 Å². The van der Waals surface area contributed by atoms with Crippen molar-refractivity contribution in [3.8, 4) is 0 Å². The van der Waals surface area contributed by atoms with Crippen LogP contribution in [-0.2, 0) is 9.59 Å². The Hall–Kier alpha value is -1.84. The number of carbonyl (C=O) groups is 2. The number of carbonyl (C=O) groups excluding carboxylic acids is 2. The highest BCUT2D eigenvalue weighted by molar-refractivity contribution is 5.91. The lowest BCUT2D eigenvalue weighted by Crippen LogP contribution is -2.64. The van der Waals surface area contributed by atoms with E-state index in [1.54, 1.807) is 0 Å². The van der Waals surface area contributed by atoms with Crippen molar-refractivity contribution in [1.82, 2.24) is 10.2 Å². The molecule has 4 atom stereocenters. The Balaban J connectivity index is 1.50. The zero-order chi connectivity index (χ0) is 19.7. The van der Waals surface area contributed by atoms with Crippen LogP contribution in [-0.4, -0.2) is 35.3 Å². The Kier molecular flexibility index (Phi) is 5.75. The molecule has 0 radical (unpaired) electrons. The second kappa shape index (κ2) is 8.26. The van der Waals surface area contributed by atoms with Crippen LogP contribution in [0.15, 0.2) is 30.3 Å². The highest BCUT2D eigenvalue weighted by atomic mass is 16.2. The fourth-order valence-electron chi connectivity index (χ4n) is 5.28. The summed E-state index contributed by atoms with van der Waals surface area (Å²) in [4.78, 5) is 28.4. The third kappa shape index (κ3) is 4.11. The zero-order valence-corrected chi connectivity index (χ0v) is 17.3. The molecule has 0 spiro atoms. The standard InChI is InChI=1S/C24H34N2O2/c1-16(2)13-22-23(27)25-21(18-11-7-4-8-12-18)15-26(22)24(28)20-14-19(20)17-9-5-3-6-10-17/h3,5-6,9-10,16,18-22H,4,7-8,11-15H2,1-2H3,(H,25,27)/t19-,20+,21+,22-/m0/s1. The lowest BCUT2D eigenvalue weighted by molar-refractivity contribution is -0.147. The number of piperazine rings is 1. The van der Waals surface area contributed by atoms with E-state index in [-0.39, 0.29) is 29.8 Å². The molecule has 1 aliphatic heterocycles. The Morgan fingerprint density at radius 3 is 2.54 bits per heavy atom. The minimum Gasteiger partial charge on any atom is -0.350 e. The van der Waals surface area contributed by atoms with E-state index in [1.165, 1.54) is 37.7 Å². The van der Waals surface area contributed by atoms with Gasteiger partial charge in [-0.1, -0.05) is 63.4 Å². The molecule has 4 heteroatoms. The predicted molar refractivity (Wildman–Crippen MR) is 111 cm³/mol. The molecule has 28 heavy (non-hydrogen) atoms. The maximum atomic E-state index is 13.5. The SMILES string of the molecule is CC(C)C[C@H]1C(=O)N[C@@H](C2CCCCC2)CN1C(=O)[C@@H]1C[C@H]1c1ccccc1. The van der Waals surface area contributed by atoms with Crippen molar-refractivity contribution in [2.75, 3.05) is 6.54 Å². The molecule has 3 aliphatic rings. The van der Waals surface area contributed by atoms with Crippen molar-refractivity contribution >= 4 is 11.8 Å². The van der Waals surface area contributed by atoms with Crippen LogP contribution < -0.4 is 5.32 Å². The molecule has 152 valence electrons. The van der Waals surface area contributed by atoms with Gasteiger partial charge in [0.2, 0.25) is 11.8 Å². The Bertz CT molecular complexity index is 696. The molecule has 4 rings (SSSR count). The largest absolute Gasteiger partial charge is 0.350 e. The lowest BCUT2D eigenvalue weighted by Gasteiger charge is -2.43. The molecule has 4 nitrogen and oxygen atoms in total. The summed E-state index contributed by atoms with van der Waals surface area (Å²) in [6, 6.07) is 10.2. The van der Waals surface area contributed by atoms with Gasteiger partial charge in [0.1, 0.15) is 6.04 Å². The van der Waals surface area contributed by atoms with Crippen LogP contribution in [0.1, 0.15) is 70.3 Å². The molecule has 1 saturated heterocycles. The van der Waals surface area contributed by atoms with Gasteiger partial charge in [0.25, 0.3) is 0 Å². The average molecular weight is 383 g/mol. The molecular formula is C24H34N2O2. The van der Waals surface area contributed by atoms with Gasteiger partial charge in [-0.3, -0.25) is 9.59 Å². The van der Waals surface area contributed by atoms with E-state index in [2.05, 4.69) is 31.3 Å². The number of rotatable bonds is 5. The maximum Gasteiger partial charge on any atom is 0.243 e. The lowest BCUT2D eigenvalue weighted by atomic mass is 9.82. The van der Waals surface area contributed by atoms with E-state index in [1.807, 2.05) is 23.1 Å². The summed E-state index contributed by atoms with van der Waals surface area (Å²) in [6.07, 6.45) is 7.83. The first-order valence-corrected chi connectivity index (χ1v) is 11.2. The Labute approximate surface area is 169 Å². The maximum absolute atomic E-state index is 13.5. The van der Waals surface area contributed by atoms with Crippen molar-refractivity contribution in [1.29, 1.82) is 0 Å². The van der Waals surface area contributed by atoms with E-state index in [4.69, 9.17) is 0 Å². The first-order valence-electron chi connectivity index (χ1n) is 11.2. The molecule has 2 amide bonds. The van der Waals surface area contributed by atoms with Crippen molar-refractivity contribution in [3.63, 3.8) is 0 Å². The number of nitrogens with one attached hydrogen (secondary N) is 1. The molecule has 1 N–H and O–H groups in total. The number of hydrogen-bond acceptors (Lipinski definition) is 2. The Morgan fingerprint density at radius 2 is 1.86 bits per heavy atom. The van der Waals surface area contributed by atoms with Gasteiger partial charge in [-0.15, -0.1) is 0 Å². The summed E-state index contributed by atoms with van der Waals surface area (Å²) in [6.45, 7) is 4.96. The third-order valence-electron chi connectivity index (χ3n) is 6.93. The molecule has 0 bridgehead atoms. The molecule has 0 unspecified atom stereocenters. The van der Waals surface area contributed by atoms with Crippen LogP contribution in [0.4, 0.5) is 0 Å². The van der Waals surface area contributed by atoms with Crippen LogP contribution in [0.25, 0.3) is 0 Å². The van der Waals surface area contributed by atoms with Crippen molar-refractivity contribution < 1.29 is 9.59 Å². The van der Waals surface area contributed by atoms with Crippen molar-refractivity contribution in [2.45, 2.75) is 76.8 Å². The Morgan fingerprint density at radius 1 is 1.14 bits per heavy atom. The summed E-state index contributed by atoms with van der Waals surface area (Å²) in [5.74, 6) is 1.57. The highest BCUT2D eigenvalue weighted by Gasteiger charge is 2.49. The minimum absolute atomic E-state index is 0.0509. The van der Waals surface area contributed by atoms with Gasteiger partial charge in [0.15, 0.2) is 0 Å². The predicted octanol–water partition coefficient (Wildman–Crippen LogP) is 4.11. The summed E-state index contributed by atoms with van der Waals surface area (Å²) in [7, 11) is 0. The minimum atomic E-state index is -0.302. The first-order chi connectivity index (χ1) is 13.5. The number of benzene rings is 1. The molecule has 0 aromatic heterocycles. The molecule has 1 aromatic carbocycles. The number of nitrogens with zero attached hydrogens (tertiary/aromatic N) is 1. The van der Waals surface area contributed by atoms with Crippen LogP contribution in [0.2, 0.25) is 0 Å². The van der Waals surface area contributed by atoms with Gasteiger partial charge < -0.3 is 10.2 Å². The summed E-state index contributed by atoms with van der Waals surface area (Å²) in [5, 5.41) is 3.30. The highest BCUT2D eigenvalue weighted by Crippen LogP contribution is 2.49. The number of hydrogen-bond donors (Lipinski definition) is 1. The molecule has 3 fully saturated rings.